The molecule has 2 N–H and O–H groups in total. The molecule has 1 unspecified atom stereocenters. The van der Waals surface area contributed by atoms with E-state index < -0.39 is 17.5 Å². The Bertz CT molecular complexity index is 1190. The van der Waals surface area contributed by atoms with Crippen LogP contribution in [-0.2, 0) is 23.4 Å². The number of carbonyl (C=O) groups is 1. The molecule has 1 aliphatic carbocycles. The maximum Gasteiger partial charge on any atom is 0.320 e. The van der Waals surface area contributed by atoms with Crippen LogP contribution in [0.3, 0.4) is 0 Å². The Balaban J connectivity index is 1.76. The highest BCUT2D eigenvalue weighted by atomic mass is 35.5. The summed E-state index contributed by atoms with van der Waals surface area (Å²) >= 11 is 6.44. The van der Waals surface area contributed by atoms with Gasteiger partial charge in [0.1, 0.15) is 0 Å². The molecule has 2 heterocycles. The van der Waals surface area contributed by atoms with E-state index in [1.54, 1.807) is 0 Å². The molecule has 1 atom stereocenters. The second-order valence-electron chi connectivity index (χ2n) is 8.03. The maximum atomic E-state index is 14.9. The molecule has 2 aromatic rings. The van der Waals surface area contributed by atoms with Crippen molar-refractivity contribution in [3.63, 3.8) is 0 Å². The second-order valence-corrected chi connectivity index (χ2v) is 8.44. The number of benzene rings is 1. The average molecular weight is 463 g/mol. The summed E-state index contributed by atoms with van der Waals surface area (Å²) in [5.74, 6) is 2.16. The van der Waals surface area contributed by atoms with Crippen molar-refractivity contribution in [2.45, 2.75) is 44.4 Å². The van der Waals surface area contributed by atoms with Gasteiger partial charge in [0.05, 0.1) is 25.2 Å². The number of halogens is 3. The number of nitrogens with zero attached hydrogens (tertiary/aromatic N) is 2. The number of hydrogen-bond acceptors (Lipinski definition) is 4. The van der Waals surface area contributed by atoms with Gasteiger partial charge < -0.3 is 15.4 Å². The molecule has 32 heavy (non-hydrogen) atoms. The van der Waals surface area contributed by atoms with Crippen LogP contribution in [-0.4, -0.2) is 28.6 Å². The standard InChI is InChI=1S/C22H21ClF2N4O3/c1-21(24,25)22(6-5-13-3-4-13)16-9-17(23)14(7-18(16)27-20(31)28-22)10-29-12-26-15(11-32-2)8-19(29)30/h7-9,12-13H,3-4,10-11H2,1-2H3,(H2,27,28,31). The molecule has 1 fully saturated rings. The predicted molar refractivity (Wildman–Crippen MR) is 115 cm³/mol. The highest BCUT2D eigenvalue weighted by molar-refractivity contribution is 6.31. The van der Waals surface area contributed by atoms with Gasteiger partial charge in [0.25, 0.3) is 11.5 Å². The van der Waals surface area contributed by atoms with Crippen LogP contribution in [0.15, 0.2) is 29.3 Å². The van der Waals surface area contributed by atoms with E-state index in [2.05, 4.69) is 27.5 Å². The van der Waals surface area contributed by atoms with E-state index >= 15 is 0 Å². The summed E-state index contributed by atoms with van der Waals surface area (Å²) < 4.78 is 36.0. The third-order valence-electron chi connectivity index (χ3n) is 5.41. The first-order chi connectivity index (χ1) is 15.1. The fourth-order valence-electron chi connectivity index (χ4n) is 3.53. The molecule has 1 saturated carbocycles. The van der Waals surface area contributed by atoms with E-state index in [1.807, 2.05) is 0 Å². The van der Waals surface area contributed by atoms with Gasteiger partial charge in [-0.3, -0.25) is 9.36 Å². The van der Waals surface area contributed by atoms with Crippen molar-refractivity contribution < 1.29 is 18.3 Å². The number of rotatable bonds is 5. The van der Waals surface area contributed by atoms with Crippen LogP contribution >= 0.6 is 11.6 Å². The minimum atomic E-state index is -3.38. The summed E-state index contributed by atoms with van der Waals surface area (Å²) in [7, 11) is 1.50. The van der Waals surface area contributed by atoms with Crippen molar-refractivity contribution in [1.29, 1.82) is 0 Å². The molecule has 10 heteroatoms. The molecule has 0 saturated heterocycles. The number of aromatic nitrogens is 2. The van der Waals surface area contributed by atoms with Gasteiger partial charge >= 0.3 is 6.03 Å². The van der Waals surface area contributed by atoms with Crippen molar-refractivity contribution in [2.24, 2.45) is 5.92 Å². The zero-order valence-electron chi connectivity index (χ0n) is 17.5. The molecule has 4 rings (SSSR count). The van der Waals surface area contributed by atoms with E-state index in [4.69, 9.17) is 16.3 Å². The number of hydrogen-bond donors (Lipinski definition) is 2. The Kier molecular flexibility index (Phi) is 5.69. The Morgan fingerprint density at radius 1 is 1.34 bits per heavy atom. The minimum absolute atomic E-state index is 0.0395. The van der Waals surface area contributed by atoms with Gasteiger partial charge in [0.15, 0.2) is 5.54 Å². The van der Waals surface area contributed by atoms with Crippen LogP contribution in [0.4, 0.5) is 19.3 Å². The van der Waals surface area contributed by atoms with Gasteiger partial charge in [0.2, 0.25) is 0 Å². The van der Waals surface area contributed by atoms with Crippen LogP contribution in [0, 0.1) is 17.8 Å². The summed E-state index contributed by atoms with van der Waals surface area (Å²) in [5, 5.41) is 5.04. The maximum absolute atomic E-state index is 14.9. The van der Waals surface area contributed by atoms with Crippen molar-refractivity contribution in [3.8, 4) is 11.8 Å². The largest absolute Gasteiger partial charge is 0.378 e. The van der Waals surface area contributed by atoms with E-state index in [-0.39, 0.29) is 40.9 Å². The number of methoxy groups -OCH3 is 1. The smallest absolute Gasteiger partial charge is 0.320 e. The molecular formula is C22H21ClF2N4O3. The summed E-state index contributed by atoms with van der Waals surface area (Å²) in [4.78, 5) is 28.9. The molecule has 7 nitrogen and oxygen atoms in total. The molecule has 2 amide bonds. The fraction of sp³-hybridized carbons (Fsp3) is 0.409. The molecule has 0 bridgehead atoms. The molecule has 0 spiro atoms. The third-order valence-corrected chi connectivity index (χ3v) is 5.76. The third kappa shape index (κ3) is 4.20. The normalized spacial score (nSPS) is 20.0. The lowest BCUT2D eigenvalue weighted by Gasteiger charge is -2.40. The number of ether oxygens (including phenoxy) is 1. The second kappa shape index (κ2) is 8.19. The Labute approximate surface area is 188 Å². The lowest BCUT2D eigenvalue weighted by Crippen LogP contribution is -2.59. The highest BCUT2D eigenvalue weighted by Crippen LogP contribution is 2.45. The molecule has 2 aliphatic rings. The SMILES string of the molecule is COCc1cc(=O)n(Cc2cc3c(cc2Cl)C(C#CC2CC2)(C(C)(F)F)NC(=O)N3)cn1. The highest BCUT2D eigenvalue weighted by Gasteiger charge is 2.55. The Morgan fingerprint density at radius 3 is 2.72 bits per heavy atom. The Hall–Kier alpha value is -2.96. The van der Waals surface area contributed by atoms with Crippen LogP contribution in [0.5, 0.6) is 0 Å². The number of carbonyl (C=O) groups excluding carboxylic acids is 1. The van der Waals surface area contributed by atoms with Gasteiger partial charge in [-0.2, -0.15) is 0 Å². The number of alkyl halides is 2. The molecule has 1 aromatic heterocycles. The van der Waals surface area contributed by atoms with Crippen LogP contribution < -0.4 is 16.2 Å². The molecular weight excluding hydrogens is 442 g/mol. The summed E-state index contributed by atoms with van der Waals surface area (Å²) in [5.41, 5.74) is -1.36. The van der Waals surface area contributed by atoms with E-state index in [0.717, 1.165) is 19.8 Å². The van der Waals surface area contributed by atoms with Crippen LogP contribution in [0.2, 0.25) is 5.02 Å². The molecule has 1 aliphatic heterocycles. The lowest BCUT2D eigenvalue weighted by atomic mass is 9.81. The molecule has 1 aromatic carbocycles. The zero-order valence-corrected chi connectivity index (χ0v) is 18.2. The summed E-state index contributed by atoms with van der Waals surface area (Å²) in [6.07, 6.45) is 3.06. The zero-order chi connectivity index (χ0) is 23.1. The quantitative estimate of drug-likeness (QED) is 0.666. The first-order valence-electron chi connectivity index (χ1n) is 10.00. The van der Waals surface area contributed by atoms with Gasteiger partial charge in [-0.1, -0.05) is 23.4 Å². The number of amides is 2. The average Bonchev–Trinajstić information content (AvgIpc) is 3.53. The first kappa shape index (κ1) is 22.2. The summed E-state index contributed by atoms with van der Waals surface area (Å²) in [6, 6.07) is 3.42. The molecule has 0 radical (unpaired) electrons. The fourth-order valence-corrected chi connectivity index (χ4v) is 3.75. The lowest BCUT2D eigenvalue weighted by molar-refractivity contribution is -0.0464. The van der Waals surface area contributed by atoms with Gasteiger partial charge in [-0.25, -0.2) is 18.6 Å². The van der Waals surface area contributed by atoms with Gasteiger partial charge in [-0.15, -0.1) is 0 Å². The van der Waals surface area contributed by atoms with E-state index in [1.165, 1.54) is 36.2 Å². The van der Waals surface area contributed by atoms with Crippen molar-refractivity contribution in [3.05, 3.63) is 56.7 Å². The first-order valence-corrected chi connectivity index (χ1v) is 10.4. The van der Waals surface area contributed by atoms with Crippen molar-refractivity contribution in [1.82, 2.24) is 14.9 Å². The van der Waals surface area contributed by atoms with Gasteiger partial charge in [-0.05, 0) is 30.5 Å². The van der Waals surface area contributed by atoms with Crippen LogP contribution in [0.1, 0.15) is 36.6 Å². The number of fused-ring (bicyclic) bond motifs is 1. The predicted octanol–water partition coefficient (Wildman–Crippen LogP) is 3.49. The van der Waals surface area contributed by atoms with E-state index in [9.17, 15) is 18.4 Å². The van der Waals surface area contributed by atoms with Gasteiger partial charge in [0, 0.05) is 42.3 Å². The van der Waals surface area contributed by atoms with Crippen molar-refractivity contribution in [2.75, 3.05) is 12.4 Å². The minimum Gasteiger partial charge on any atom is -0.378 e. The summed E-state index contributed by atoms with van der Waals surface area (Å²) in [6.45, 7) is 0.959. The number of urea groups is 1. The topological polar surface area (TPSA) is 85.2 Å². The molecule has 168 valence electrons. The van der Waals surface area contributed by atoms with Crippen LogP contribution in [0.25, 0.3) is 0 Å². The van der Waals surface area contributed by atoms with Crippen molar-refractivity contribution >= 4 is 23.3 Å². The van der Waals surface area contributed by atoms with E-state index in [0.29, 0.717) is 11.3 Å². The Morgan fingerprint density at radius 2 is 2.09 bits per heavy atom. The monoisotopic (exact) mass is 462 g/mol. The number of nitrogens with one attached hydrogen (secondary N) is 2. The number of anilines is 1.